The van der Waals surface area contributed by atoms with E-state index < -0.39 is 11.9 Å². The summed E-state index contributed by atoms with van der Waals surface area (Å²) < 4.78 is 11.6. The quantitative estimate of drug-likeness (QED) is 0.644. The number of hydrogen-bond donors (Lipinski definition) is 3. The molecule has 5 nitrogen and oxygen atoms in total. The van der Waals surface area contributed by atoms with Gasteiger partial charge in [0.05, 0.1) is 25.9 Å². The van der Waals surface area contributed by atoms with Gasteiger partial charge in [0, 0.05) is 29.9 Å². The first-order valence-electron chi connectivity index (χ1n) is 7.61. The molecule has 3 N–H and O–H groups in total. The Bertz CT molecular complexity index is 286. The van der Waals surface area contributed by atoms with E-state index in [0.717, 1.165) is 32.2 Å². The van der Waals surface area contributed by atoms with Crippen LogP contribution in [0.2, 0.25) is 0 Å². The maximum atomic E-state index is 9.55. The molecule has 3 unspecified atom stereocenters. The molecule has 1 saturated carbocycles. The summed E-state index contributed by atoms with van der Waals surface area (Å²) in [4.78, 5) is 0. The van der Waals surface area contributed by atoms with Gasteiger partial charge in [-0.1, -0.05) is 6.92 Å². The molecule has 3 atom stereocenters. The highest BCUT2D eigenvalue weighted by Crippen LogP contribution is 2.40. The van der Waals surface area contributed by atoms with E-state index in [0.29, 0.717) is 30.3 Å². The fourth-order valence-electron chi connectivity index (χ4n) is 2.90. The van der Waals surface area contributed by atoms with Crippen molar-refractivity contribution in [2.45, 2.75) is 55.8 Å². The second kappa shape index (κ2) is 7.96. The summed E-state index contributed by atoms with van der Waals surface area (Å²) in [6.07, 6.45) is 3.30. The van der Waals surface area contributed by atoms with E-state index in [9.17, 15) is 5.11 Å². The minimum absolute atomic E-state index is 0.176. The zero-order chi connectivity index (χ0) is 14.4. The highest BCUT2D eigenvalue weighted by molar-refractivity contribution is 8.00. The lowest BCUT2D eigenvalue weighted by molar-refractivity contribution is -0.178. The topological polar surface area (TPSA) is 71.0 Å². The fraction of sp³-hybridized carbons (Fsp3) is 1.00. The maximum absolute atomic E-state index is 9.55. The van der Waals surface area contributed by atoms with Crippen LogP contribution in [0.5, 0.6) is 0 Å². The standard InChI is InChI=1S/C14H27NO4S/c1-2-5-15-12-3-4-14(18-6-7-19-14)8-13(12)20-10-11(17)9-16/h11-13,15-17H,2-10H2,1H3. The second-order valence-electron chi connectivity index (χ2n) is 5.62. The van der Waals surface area contributed by atoms with Gasteiger partial charge in [0.15, 0.2) is 5.79 Å². The van der Waals surface area contributed by atoms with Gasteiger partial charge in [0.25, 0.3) is 0 Å². The zero-order valence-electron chi connectivity index (χ0n) is 12.2. The van der Waals surface area contributed by atoms with Gasteiger partial charge in [-0.25, -0.2) is 0 Å². The Balaban J connectivity index is 1.91. The summed E-state index contributed by atoms with van der Waals surface area (Å²) in [6, 6.07) is 0.435. The van der Waals surface area contributed by atoms with E-state index in [2.05, 4.69) is 12.2 Å². The third-order valence-corrected chi connectivity index (χ3v) is 5.48. The molecule has 0 bridgehead atoms. The third-order valence-electron chi connectivity index (χ3n) is 3.98. The van der Waals surface area contributed by atoms with Crippen LogP contribution in [0, 0.1) is 0 Å². The largest absolute Gasteiger partial charge is 0.394 e. The van der Waals surface area contributed by atoms with Gasteiger partial charge in [0.2, 0.25) is 0 Å². The summed E-state index contributed by atoms with van der Waals surface area (Å²) in [5, 5.41) is 22.5. The Hall–Kier alpha value is 0.150. The molecule has 0 aromatic carbocycles. The smallest absolute Gasteiger partial charge is 0.169 e. The second-order valence-corrected chi connectivity index (χ2v) is 6.89. The molecule has 2 aliphatic rings. The number of ether oxygens (including phenoxy) is 2. The predicted octanol–water partition coefficient (Wildman–Crippen LogP) is 0.737. The number of rotatable bonds is 7. The first-order chi connectivity index (χ1) is 9.69. The first kappa shape index (κ1) is 16.5. The zero-order valence-corrected chi connectivity index (χ0v) is 13.0. The molecule has 0 aromatic rings. The number of nitrogens with one attached hydrogen (secondary N) is 1. The van der Waals surface area contributed by atoms with Crippen molar-refractivity contribution in [1.82, 2.24) is 5.32 Å². The average Bonchev–Trinajstić information content (AvgIpc) is 2.92. The molecule has 6 heteroatoms. The summed E-state index contributed by atoms with van der Waals surface area (Å²) >= 11 is 1.72. The summed E-state index contributed by atoms with van der Waals surface area (Å²) in [6.45, 7) is 4.37. The Morgan fingerprint density at radius 2 is 2.15 bits per heavy atom. The van der Waals surface area contributed by atoms with E-state index in [1.54, 1.807) is 11.8 Å². The summed E-state index contributed by atoms with van der Waals surface area (Å²) in [7, 11) is 0. The van der Waals surface area contributed by atoms with Gasteiger partial charge in [-0.15, -0.1) is 0 Å². The SMILES string of the molecule is CCCNC1CCC2(CC1SCC(O)CO)OCCO2. The van der Waals surface area contributed by atoms with Crippen molar-refractivity contribution in [1.29, 1.82) is 0 Å². The van der Waals surface area contributed by atoms with Crippen LogP contribution in [0.1, 0.15) is 32.6 Å². The molecule has 1 aliphatic heterocycles. The minimum atomic E-state index is -0.643. The molecule has 118 valence electrons. The third kappa shape index (κ3) is 4.32. The molecule has 0 radical (unpaired) electrons. The van der Waals surface area contributed by atoms with E-state index in [-0.39, 0.29) is 6.61 Å². The summed E-state index contributed by atoms with van der Waals surface area (Å²) in [5.74, 6) is 0.160. The Morgan fingerprint density at radius 1 is 1.40 bits per heavy atom. The van der Waals surface area contributed by atoms with Crippen molar-refractivity contribution in [2.24, 2.45) is 0 Å². The van der Waals surface area contributed by atoms with Crippen molar-refractivity contribution in [3.63, 3.8) is 0 Å². The van der Waals surface area contributed by atoms with Gasteiger partial charge in [0.1, 0.15) is 0 Å². The molecule has 1 heterocycles. The van der Waals surface area contributed by atoms with Crippen LogP contribution in [-0.4, -0.2) is 65.5 Å². The Morgan fingerprint density at radius 3 is 2.80 bits per heavy atom. The summed E-state index contributed by atoms with van der Waals surface area (Å²) in [5.41, 5.74) is 0. The maximum Gasteiger partial charge on any atom is 0.169 e. The van der Waals surface area contributed by atoms with Gasteiger partial charge in [-0.2, -0.15) is 11.8 Å². The number of aliphatic hydroxyl groups is 2. The van der Waals surface area contributed by atoms with Crippen molar-refractivity contribution in [3.05, 3.63) is 0 Å². The van der Waals surface area contributed by atoms with Gasteiger partial charge in [-0.3, -0.25) is 0 Å². The van der Waals surface area contributed by atoms with Crippen LogP contribution in [0.4, 0.5) is 0 Å². The molecular formula is C14H27NO4S. The number of aliphatic hydroxyl groups excluding tert-OH is 2. The molecular weight excluding hydrogens is 278 g/mol. The lowest BCUT2D eigenvalue weighted by Gasteiger charge is -2.41. The minimum Gasteiger partial charge on any atom is -0.394 e. The first-order valence-corrected chi connectivity index (χ1v) is 8.66. The lowest BCUT2D eigenvalue weighted by atomic mass is 9.89. The average molecular weight is 305 g/mol. The number of thioether (sulfide) groups is 1. The van der Waals surface area contributed by atoms with Crippen LogP contribution in [0.15, 0.2) is 0 Å². The highest BCUT2D eigenvalue weighted by Gasteiger charge is 2.45. The lowest BCUT2D eigenvalue weighted by Crippen LogP contribution is -2.50. The van der Waals surface area contributed by atoms with Crippen molar-refractivity contribution in [2.75, 3.05) is 32.1 Å². The normalized spacial score (nSPS) is 30.8. The molecule has 2 rings (SSSR count). The van der Waals surface area contributed by atoms with E-state index in [4.69, 9.17) is 14.6 Å². The van der Waals surface area contributed by atoms with Crippen LogP contribution in [0.25, 0.3) is 0 Å². The van der Waals surface area contributed by atoms with Crippen LogP contribution in [-0.2, 0) is 9.47 Å². The predicted molar refractivity (Wildman–Crippen MR) is 79.9 cm³/mol. The molecule has 0 amide bonds. The molecule has 0 aromatic heterocycles. The molecule has 1 spiro atoms. The van der Waals surface area contributed by atoms with Crippen molar-refractivity contribution in [3.8, 4) is 0 Å². The fourth-order valence-corrected chi connectivity index (χ4v) is 4.31. The van der Waals surface area contributed by atoms with Gasteiger partial charge >= 0.3 is 0 Å². The Labute approximate surface area is 125 Å². The van der Waals surface area contributed by atoms with E-state index in [1.807, 2.05) is 0 Å². The Kier molecular flexibility index (Phi) is 6.58. The van der Waals surface area contributed by atoms with Crippen LogP contribution < -0.4 is 5.32 Å². The van der Waals surface area contributed by atoms with Gasteiger partial charge < -0.3 is 25.0 Å². The molecule has 2 fully saturated rings. The van der Waals surface area contributed by atoms with Gasteiger partial charge in [-0.05, 0) is 19.4 Å². The van der Waals surface area contributed by atoms with Crippen molar-refractivity contribution < 1.29 is 19.7 Å². The highest BCUT2D eigenvalue weighted by atomic mass is 32.2. The number of hydrogen-bond acceptors (Lipinski definition) is 6. The molecule has 1 saturated heterocycles. The van der Waals surface area contributed by atoms with E-state index in [1.165, 1.54) is 0 Å². The van der Waals surface area contributed by atoms with E-state index >= 15 is 0 Å². The van der Waals surface area contributed by atoms with Crippen molar-refractivity contribution >= 4 is 11.8 Å². The van der Waals surface area contributed by atoms with Crippen LogP contribution in [0.3, 0.4) is 0 Å². The molecule has 20 heavy (non-hydrogen) atoms. The molecule has 1 aliphatic carbocycles. The van der Waals surface area contributed by atoms with Crippen LogP contribution >= 0.6 is 11.8 Å². The monoisotopic (exact) mass is 305 g/mol.